The first-order valence-corrected chi connectivity index (χ1v) is 4.28. The molecule has 0 aliphatic rings. The van der Waals surface area contributed by atoms with Crippen molar-refractivity contribution < 1.29 is 9.47 Å². The van der Waals surface area contributed by atoms with Gasteiger partial charge in [0.2, 0.25) is 0 Å². The standard InChI is InChI=1S/C9H18O2/c1-3-6-10-8-5-9-11-7-4-2/h3-4,6-9H2,1-2H3. The monoisotopic (exact) mass is 158 g/mol. The lowest BCUT2D eigenvalue weighted by molar-refractivity contribution is 0.116. The summed E-state index contributed by atoms with van der Waals surface area (Å²) in [5.74, 6) is 0. The van der Waals surface area contributed by atoms with Crippen molar-refractivity contribution in [2.75, 3.05) is 26.4 Å². The molecule has 0 saturated heterocycles. The van der Waals surface area contributed by atoms with Crippen LogP contribution in [0.15, 0.2) is 0 Å². The van der Waals surface area contributed by atoms with Crippen molar-refractivity contribution in [1.82, 2.24) is 0 Å². The average Bonchev–Trinajstić information content (AvgIpc) is 2.03. The van der Waals surface area contributed by atoms with Gasteiger partial charge in [-0.1, -0.05) is 13.8 Å². The summed E-state index contributed by atoms with van der Waals surface area (Å²) in [5, 5.41) is 0. The minimum Gasteiger partial charge on any atom is -0.381 e. The van der Waals surface area contributed by atoms with Crippen molar-refractivity contribution in [1.29, 1.82) is 0 Å². The molecule has 0 N–H and O–H groups in total. The second-order valence-corrected chi connectivity index (χ2v) is 2.36. The Labute approximate surface area is 69.9 Å². The smallest absolute Gasteiger partial charge is 0.0559 e. The maximum Gasteiger partial charge on any atom is 0.0559 e. The zero-order valence-electron chi connectivity index (χ0n) is 7.56. The third-order valence-corrected chi connectivity index (χ3v) is 1.11. The predicted octanol–water partition coefficient (Wildman–Crippen LogP) is 1.92. The summed E-state index contributed by atoms with van der Waals surface area (Å²) >= 11 is 0. The molecule has 0 aromatic carbocycles. The first-order chi connectivity index (χ1) is 5.41. The van der Waals surface area contributed by atoms with Gasteiger partial charge in [-0.3, -0.25) is 0 Å². The summed E-state index contributed by atoms with van der Waals surface area (Å²) in [6.07, 6.45) is 5.14. The van der Waals surface area contributed by atoms with Crippen LogP contribution in [-0.2, 0) is 9.47 Å². The molecule has 0 fully saturated rings. The van der Waals surface area contributed by atoms with E-state index in [2.05, 4.69) is 20.3 Å². The van der Waals surface area contributed by atoms with Crippen molar-refractivity contribution >= 4 is 0 Å². The van der Waals surface area contributed by atoms with Crippen LogP contribution in [-0.4, -0.2) is 26.4 Å². The van der Waals surface area contributed by atoms with E-state index in [9.17, 15) is 0 Å². The highest BCUT2D eigenvalue weighted by Gasteiger charge is 1.88. The fourth-order valence-corrected chi connectivity index (χ4v) is 0.619. The topological polar surface area (TPSA) is 18.5 Å². The molecule has 2 nitrogen and oxygen atoms in total. The van der Waals surface area contributed by atoms with Gasteiger partial charge in [-0.05, 0) is 12.8 Å². The molecule has 0 saturated carbocycles. The van der Waals surface area contributed by atoms with Gasteiger partial charge in [-0.25, -0.2) is 0 Å². The normalized spacial score (nSPS) is 10.4. The second-order valence-electron chi connectivity index (χ2n) is 2.36. The van der Waals surface area contributed by atoms with Crippen molar-refractivity contribution in [3.05, 3.63) is 6.42 Å². The van der Waals surface area contributed by atoms with Crippen LogP contribution < -0.4 is 0 Å². The predicted molar refractivity (Wildman–Crippen MR) is 45.5 cm³/mol. The van der Waals surface area contributed by atoms with E-state index in [-0.39, 0.29) is 0 Å². The molecule has 2 radical (unpaired) electrons. The molecule has 2 heteroatoms. The van der Waals surface area contributed by atoms with Gasteiger partial charge in [0, 0.05) is 19.6 Å². The van der Waals surface area contributed by atoms with Crippen molar-refractivity contribution in [3.8, 4) is 0 Å². The molecule has 0 amide bonds. The first-order valence-electron chi connectivity index (χ1n) is 4.28. The lowest BCUT2D eigenvalue weighted by Gasteiger charge is -2.01. The molecule has 0 aliphatic heterocycles. The number of hydrogen-bond acceptors (Lipinski definition) is 2. The highest BCUT2D eigenvalue weighted by molar-refractivity contribution is 4.60. The number of ether oxygens (including phenoxy) is 2. The van der Waals surface area contributed by atoms with E-state index in [0.717, 1.165) is 26.1 Å². The maximum absolute atomic E-state index is 5.17. The molecule has 0 atom stereocenters. The van der Waals surface area contributed by atoms with Crippen LogP contribution in [0.1, 0.15) is 26.7 Å². The zero-order valence-corrected chi connectivity index (χ0v) is 7.56. The van der Waals surface area contributed by atoms with Gasteiger partial charge < -0.3 is 9.47 Å². The third kappa shape index (κ3) is 9.92. The van der Waals surface area contributed by atoms with Crippen LogP contribution in [0.25, 0.3) is 0 Å². The van der Waals surface area contributed by atoms with Gasteiger partial charge in [-0.15, -0.1) is 0 Å². The van der Waals surface area contributed by atoms with Crippen LogP contribution in [0.3, 0.4) is 0 Å². The molecule has 0 unspecified atom stereocenters. The summed E-state index contributed by atoms with van der Waals surface area (Å²) in [6.45, 7) is 7.01. The van der Waals surface area contributed by atoms with Gasteiger partial charge in [-0.2, -0.15) is 0 Å². The molecule has 0 aromatic rings. The zero-order chi connectivity index (χ0) is 8.36. The molecule has 0 spiro atoms. The quantitative estimate of drug-likeness (QED) is 0.502. The minimum atomic E-state index is 0.595. The van der Waals surface area contributed by atoms with Crippen molar-refractivity contribution in [2.45, 2.75) is 26.7 Å². The Kier molecular flexibility index (Phi) is 9.85. The molecule has 0 bridgehead atoms. The summed E-state index contributed by atoms with van der Waals surface area (Å²) < 4.78 is 10.3. The van der Waals surface area contributed by atoms with Gasteiger partial charge in [0.1, 0.15) is 0 Å². The minimum absolute atomic E-state index is 0.595. The summed E-state index contributed by atoms with van der Waals surface area (Å²) in [6, 6.07) is 0. The molecular weight excluding hydrogens is 140 g/mol. The highest BCUT2D eigenvalue weighted by atomic mass is 16.5. The number of rotatable bonds is 8. The van der Waals surface area contributed by atoms with Gasteiger partial charge in [0.15, 0.2) is 0 Å². The fourth-order valence-electron chi connectivity index (χ4n) is 0.619. The summed E-state index contributed by atoms with van der Waals surface area (Å²) in [5.41, 5.74) is 0. The molecule has 0 rings (SSSR count). The van der Waals surface area contributed by atoms with E-state index in [4.69, 9.17) is 9.47 Å². The van der Waals surface area contributed by atoms with Crippen LogP contribution in [0, 0.1) is 6.42 Å². The SMILES string of the molecule is CCCOC[C]COCCC. The Morgan fingerprint density at radius 3 is 1.73 bits per heavy atom. The second kappa shape index (κ2) is 9.92. The van der Waals surface area contributed by atoms with E-state index >= 15 is 0 Å². The maximum atomic E-state index is 5.17. The Balaban J connectivity index is 2.69. The molecule has 0 aromatic heterocycles. The van der Waals surface area contributed by atoms with Crippen molar-refractivity contribution in [3.63, 3.8) is 0 Å². The largest absolute Gasteiger partial charge is 0.381 e. The molecule has 11 heavy (non-hydrogen) atoms. The molecular formula is C9H18O2. The van der Waals surface area contributed by atoms with Crippen LogP contribution >= 0.6 is 0 Å². The average molecular weight is 158 g/mol. The lowest BCUT2D eigenvalue weighted by atomic mass is 10.4. The van der Waals surface area contributed by atoms with Gasteiger partial charge in [0.25, 0.3) is 0 Å². The van der Waals surface area contributed by atoms with E-state index in [1.807, 2.05) is 0 Å². The Morgan fingerprint density at radius 2 is 1.36 bits per heavy atom. The third-order valence-electron chi connectivity index (χ3n) is 1.11. The summed E-state index contributed by atoms with van der Waals surface area (Å²) in [4.78, 5) is 0. The fraction of sp³-hybridized carbons (Fsp3) is 0.889. The number of hydrogen-bond donors (Lipinski definition) is 0. The molecule has 0 heterocycles. The first kappa shape index (κ1) is 10.9. The van der Waals surface area contributed by atoms with Crippen LogP contribution in [0.4, 0.5) is 0 Å². The Hall–Kier alpha value is -0.0800. The Morgan fingerprint density at radius 1 is 0.909 bits per heavy atom. The summed E-state index contributed by atoms with van der Waals surface area (Å²) in [7, 11) is 0. The van der Waals surface area contributed by atoms with E-state index in [0.29, 0.717) is 13.2 Å². The van der Waals surface area contributed by atoms with Gasteiger partial charge >= 0.3 is 0 Å². The van der Waals surface area contributed by atoms with Crippen molar-refractivity contribution in [2.24, 2.45) is 0 Å². The van der Waals surface area contributed by atoms with Crippen LogP contribution in [0.2, 0.25) is 0 Å². The molecule has 66 valence electrons. The molecule has 0 aliphatic carbocycles. The Bertz CT molecular complexity index is 56.6. The lowest BCUT2D eigenvalue weighted by Crippen LogP contribution is -2.02. The van der Waals surface area contributed by atoms with E-state index in [1.165, 1.54) is 0 Å². The van der Waals surface area contributed by atoms with Crippen LogP contribution in [0.5, 0.6) is 0 Å². The van der Waals surface area contributed by atoms with E-state index in [1.54, 1.807) is 0 Å². The van der Waals surface area contributed by atoms with E-state index < -0.39 is 0 Å². The van der Waals surface area contributed by atoms with Gasteiger partial charge in [0.05, 0.1) is 13.2 Å². The highest BCUT2D eigenvalue weighted by Crippen LogP contribution is 1.86.